The first-order valence-corrected chi connectivity index (χ1v) is 5.29. The van der Waals surface area contributed by atoms with E-state index in [1.807, 2.05) is 0 Å². The molecule has 90 valence electrons. The number of rotatable bonds is 2. The number of aromatic nitrogens is 1. The summed E-state index contributed by atoms with van der Waals surface area (Å²) >= 11 is 0. The molecule has 0 aliphatic carbocycles. The van der Waals surface area contributed by atoms with Gasteiger partial charge in [0, 0.05) is 11.6 Å². The van der Waals surface area contributed by atoms with Crippen molar-refractivity contribution in [3.63, 3.8) is 0 Å². The number of benzene rings is 1. The molecule has 0 saturated heterocycles. The van der Waals surface area contributed by atoms with Gasteiger partial charge in [-0.25, -0.2) is 4.79 Å². The molecule has 5 heteroatoms. The first kappa shape index (κ1) is 10.6. The van der Waals surface area contributed by atoms with Crippen LogP contribution in [0.1, 0.15) is 10.4 Å². The summed E-state index contributed by atoms with van der Waals surface area (Å²) in [5.41, 5.74) is 0.964. The molecule has 0 spiro atoms. The number of carboxylic acid groups (broad SMARTS) is 1. The number of carbonyl (C=O) groups is 1. The third kappa shape index (κ3) is 1.34. The first-order valence-electron chi connectivity index (χ1n) is 5.29. The summed E-state index contributed by atoms with van der Waals surface area (Å²) in [5.74, 6) is -0.449. The van der Waals surface area contributed by atoms with E-state index in [-0.39, 0.29) is 5.56 Å². The molecule has 0 unspecified atom stereocenters. The van der Waals surface area contributed by atoms with E-state index >= 15 is 0 Å². The minimum Gasteiger partial charge on any atom is -0.496 e. The molecule has 0 bridgehead atoms. The smallest absolute Gasteiger partial charge is 0.339 e. The molecule has 0 atom stereocenters. The van der Waals surface area contributed by atoms with E-state index in [9.17, 15) is 4.79 Å². The zero-order chi connectivity index (χ0) is 12.7. The van der Waals surface area contributed by atoms with Crippen molar-refractivity contribution in [3.05, 3.63) is 36.2 Å². The van der Waals surface area contributed by atoms with Crippen molar-refractivity contribution in [2.45, 2.75) is 0 Å². The van der Waals surface area contributed by atoms with Gasteiger partial charge in [-0.1, -0.05) is 0 Å². The van der Waals surface area contributed by atoms with Gasteiger partial charge in [-0.05, 0) is 18.2 Å². The summed E-state index contributed by atoms with van der Waals surface area (Å²) in [6.45, 7) is 0. The molecule has 5 nitrogen and oxygen atoms in total. The monoisotopic (exact) mass is 243 g/mol. The lowest BCUT2D eigenvalue weighted by Gasteiger charge is -2.02. The molecule has 18 heavy (non-hydrogen) atoms. The van der Waals surface area contributed by atoms with Crippen LogP contribution in [0.5, 0.6) is 5.75 Å². The molecule has 0 aliphatic rings. The minimum atomic E-state index is -1.03. The van der Waals surface area contributed by atoms with Crippen molar-refractivity contribution in [2.24, 2.45) is 0 Å². The van der Waals surface area contributed by atoms with Crippen molar-refractivity contribution < 1.29 is 19.1 Å². The number of aromatic carboxylic acids is 1. The Kier molecular flexibility index (Phi) is 2.19. The molecule has 0 amide bonds. The van der Waals surface area contributed by atoms with E-state index in [0.29, 0.717) is 22.3 Å². The second-order valence-corrected chi connectivity index (χ2v) is 3.80. The van der Waals surface area contributed by atoms with Crippen LogP contribution in [0.4, 0.5) is 0 Å². The number of fused-ring (bicyclic) bond motifs is 3. The summed E-state index contributed by atoms with van der Waals surface area (Å²) in [6.07, 6.45) is 3.19. The highest BCUT2D eigenvalue weighted by atomic mass is 16.5. The fraction of sp³-hybridized carbons (Fsp3) is 0.0769. The van der Waals surface area contributed by atoms with Gasteiger partial charge in [0.25, 0.3) is 0 Å². The zero-order valence-electron chi connectivity index (χ0n) is 9.51. The van der Waals surface area contributed by atoms with Crippen LogP contribution in [0.2, 0.25) is 0 Å². The maximum atomic E-state index is 11.2. The summed E-state index contributed by atoms with van der Waals surface area (Å²) in [6, 6.07) is 4.87. The fourth-order valence-electron chi connectivity index (χ4n) is 2.04. The Hall–Kier alpha value is -2.56. The van der Waals surface area contributed by atoms with Gasteiger partial charge in [0.15, 0.2) is 11.2 Å². The van der Waals surface area contributed by atoms with Crippen molar-refractivity contribution in [1.29, 1.82) is 0 Å². The van der Waals surface area contributed by atoms with E-state index < -0.39 is 5.97 Å². The predicted octanol–water partition coefficient (Wildman–Crippen LogP) is 2.69. The zero-order valence-corrected chi connectivity index (χ0v) is 9.51. The Morgan fingerprint density at radius 1 is 1.39 bits per heavy atom. The summed E-state index contributed by atoms with van der Waals surface area (Å²) in [7, 11) is 1.54. The van der Waals surface area contributed by atoms with E-state index in [4.69, 9.17) is 14.3 Å². The lowest BCUT2D eigenvalue weighted by molar-refractivity contribution is 0.0698. The van der Waals surface area contributed by atoms with Gasteiger partial charge >= 0.3 is 5.97 Å². The van der Waals surface area contributed by atoms with Crippen LogP contribution in [0, 0.1) is 0 Å². The van der Waals surface area contributed by atoms with E-state index in [1.165, 1.54) is 13.2 Å². The van der Waals surface area contributed by atoms with Gasteiger partial charge in [-0.15, -0.1) is 0 Å². The second kappa shape index (κ2) is 3.73. The van der Waals surface area contributed by atoms with Gasteiger partial charge in [-0.2, -0.15) is 0 Å². The van der Waals surface area contributed by atoms with Gasteiger partial charge in [0.05, 0.1) is 18.7 Å². The van der Waals surface area contributed by atoms with Crippen molar-refractivity contribution in [2.75, 3.05) is 7.11 Å². The SMILES string of the molecule is COc1ccc(C(=O)O)c2oc3cnccc3c12. The Labute approximate surface area is 102 Å². The molecule has 0 fully saturated rings. The Balaban J connectivity index is 2.55. The average molecular weight is 243 g/mol. The van der Waals surface area contributed by atoms with Crippen molar-refractivity contribution >= 4 is 27.9 Å². The number of hydrogen-bond acceptors (Lipinski definition) is 4. The topological polar surface area (TPSA) is 72.6 Å². The summed E-state index contributed by atoms with van der Waals surface area (Å²) in [5, 5.41) is 10.6. The molecule has 0 saturated carbocycles. The minimum absolute atomic E-state index is 0.113. The highest BCUT2D eigenvalue weighted by Gasteiger charge is 2.18. The van der Waals surface area contributed by atoms with Gasteiger partial charge in [0.2, 0.25) is 0 Å². The summed E-state index contributed by atoms with van der Waals surface area (Å²) in [4.78, 5) is 15.1. The van der Waals surface area contributed by atoms with Crippen LogP contribution in [0.15, 0.2) is 35.0 Å². The number of furan rings is 1. The van der Waals surface area contributed by atoms with Crippen molar-refractivity contribution in [1.82, 2.24) is 4.98 Å². The largest absolute Gasteiger partial charge is 0.496 e. The van der Waals surface area contributed by atoms with Crippen LogP contribution in [0.3, 0.4) is 0 Å². The molecule has 3 rings (SSSR count). The van der Waals surface area contributed by atoms with Crippen molar-refractivity contribution in [3.8, 4) is 5.75 Å². The molecule has 2 aromatic heterocycles. The van der Waals surface area contributed by atoms with Crippen LogP contribution >= 0.6 is 0 Å². The molecule has 0 aliphatic heterocycles. The maximum absolute atomic E-state index is 11.2. The number of hydrogen-bond donors (Lipinski definition) is 1. The predicted molar refractivity (Wildman–Crippen MR) is 65.0 cm³/mol. The Morgan fingerprint density at radius 2 is 2.22 bits per heavy atom. The highest BCUT2D eigenvalue weighted by molar-refractivity contribution is 6.14. The third-order valence-electron chi connectivity index (χ3n) is 2.84. The van der Waals surface area contributed by atoms with Crippen LogP contribution in [-0.4, -0.2) is 23.2 Å². The molecule has 3 aromatic rings. The lowest BCUT2D eigenvalue weighted by atomic mass is 10.1. The fourth-order valence-corrected chi connectivity index (χ4v) is 2.04. The van der Waals surface area contributed by atoms with Crippen LogP contribution in [-0.2, 0) is 0 Å². The van der Waals surface area contributed by atoms with Gasteiger partial charge in [0.1, 0.15) is 11.3 Å². The molecule has 1 N–H and O–H groups in total. The number of methoxy groups -OCH3 is 1. The first-order chi connectivity index (χ1) is 8.72. The quantitative estimate of drug-likeness (QED) is 0.749. The molecule has 1 aromatic carbocycles. The molecular formula is C13H9NO4. The van der Waals surface area contributed by atoms with E-state index in [2.05, 4.69) is 4.98 Å². The number of carboxylic acids is 1. The summed E-state index contributed by atoms with van der Waals surface area (Å²) < 4.78 is 10.8. The standard InChI is InChI=1S/C13H9NO4/c1-17-9-3-2-8(13(15)16)12-11(9)7-4-5-14-6-10(7)18-12/h2-6H,1H3,(H,15,16). The second-order valence-electron chi connectivity index (χ2n) is 3.80. The average Bonchev–Trinajstić information content (AvgIpc) is 2.76. The molecule has 2 heterocycles. The van der Waals surface area contributed by atoms with Gasteiger partial charge in [-0.3, -0.25) is 4.98 Å². The number of pyridine rings is 1. The number of ether oxygens (including phenoxy) is 1. The molecular weight excluding hydrogens is 234 g/mol. The Bertz CT molecular complexity index is 760. The highest BCUT2D eigenvalue weighted by Crippen LogP contribution is 2.36. The Morgan fingerprint density at radius 3 is 2.94 bits per heavy atom. The molecule has 0 radical (unpaired) electrons. The number of nitrogens with zero attached hydrogens (tertiary/aromatic N) is 1. The van der Waals surface area contributed by atoms with Gasteiger partial charge < -0.3 is 14.3 Å². The van der Waals surface area contributed by atoms with Crippen LogP contribution < -0.4 is 4.74 Å². The van der Waals surface area contributed by atoms with E-state index in [0.717, 1.165) is 5.39 Å². The van der Waals surface area contributed by atoms with Crippen LogP contribution in [0.25, 0.3) is 21.9 Å². The normalized spacial score (nSPS) is 10.9. The third-order valence-corrected chi connectivity index (χ3v) is 2.84. The maximum Gasteiger partial charge on any atom is 0.339 e. The lowest BCUT2D eigenvalue weighted by Crippen LogP contribution is -1.97. The van der Waals surface area contributed by atoms with E-state index in [1.54, 1.807) is 24.5 Å².